The van der Waals surface area contributed by atoms with Gasteiger partial charge >= 0.3 is 0 Å². The van der Waals surface area contributed by atoms with Gasteiger partial charge in [-0.1, -0.05) is 25.7 Å². The molecule has 1 aromatic rings. The number of nitrogens with one attached hydrogen (secondary N) is 2. The van der Waals surface area contributed by atoms with Crippen LogP contribution in [0.3, 0.4) is 0 Å². The third-order valence-electron chi connectivity index (χ3n) is 4.44. The number of aromatic amines is 1. The van der Waals surface area contributed by atoms with Crippen LogP contribution in [0.2, 0.25) is 0 Å². The van der Waals surface area contributed by atoms with Gasteiger partial charge in [-0.25, -0.2) is 0 Å². The van der Waals surface area contributed by atoms with E-state index in [-0.39, 0.29) is 0 Å². The van der Waals surface area contributed by atoms with Crippen molar-refractivity contribution in [2.75, 3.05) is 24.5 Å². The van der Waals surface area contributed by atoms with E-state index in [4.69, 9.17) is 0 Å². The Hall–Kier alpha value is -1.10. The van der Waals surface area contributed by atoms with Crippen molar-refractivity contribution >= 4 is 5.95 Å². The minimum Gasteiger partial charge on any atom is -0.337 e. The molecule has 1 saturated carbocycles. The summed E-state index contributed by atoms with van der Waals surface area (Å²) >= 11 is 0. The van der Waals surface area contributed by atoms with E-state index < -0.39 is 0 Å². The summed E-state index contributed by atoms with van der Waals surface area (Å²) in [5, 5.41) is 10.9. The van der Waals surface area contributed by atoms with Crippen molar-refractivity contribution in [3.05, 3.63) is 5.82 Å². The van der Waals surface area contributed by atoms with Gasteiger partial charge in [0.1, 0.15) is 5.82 Å². The fourth-order valence-corrected chi connectivity index (χ4v) is 3.29. The Morgan fingerprint density at radius 1 is 1.32 bits per heavy atom. The van der Waals surface area contributed by atoms with Crippen LogP contribution in [0.15, 0.2) is 0 Å². The average Bonchev–Trinajstić information content (AvgIpc) is 3.08. The van der Waals surface area contributed by atoms with E-state index >= 15 is 0 Å². The van der Waals surface area contributed by atoms with Gasteiger partial charge < -0.3 is 10.2 Å². The standard InChI is InChI=1S/C14H25N5/c1-11-10-19(9-8-15-11)14-16-13(17-18-14)7-6-12-4-2-3-5-12/h11-12,15H,2-10H2,1H3,(H,16,17,18)/t11-/m0/s1. The van der Waals surface area contributed by atoms with Gasteiger partial charge in [-0.2, -0.15) is 4.98 Å². The molecule has 0 spiro atoms. The summed E-state index contributed by atoms with van der Waals surface area (Å²) in [5.41, 5.74) is 0. The van der Waals surface area contributed by atoms with Crippen molar-refractivity contribution in [1.82, 2.24) is 20.5 Å². The molecular formula is C14H25N5. The summed E-state index contributed by atoms with van der Waals surface area (Å²) < 4.78 is 0. The normalized spacial score (nSPS) is 25.1. The van der Waals surface area contributed by atoms with Crippen molar-refractivity contribution in [3.8, 4) is 0 Å². The number of anilines is 1. The minimum absolute atomic E-state index is 0.522. The number of hydrogen-bond donors (Lipinski definition) is 2. The van der Waals surface area contributed by atoms with Crippen LogP contribution in [-0.2, 0) is 6.42 Å². The Labute approximate surface area is 115 Å². The second-order valence-corrected chi connectivity index (χ2v) is 6.07. The molecule has 19 heavy (non-hydrogen) atoms. The van der Waals surface area contributed by atoms with E-state index in [1.54, 1.807) is 0 Å². The molecule has 3 rings (SSSR count). The highest BCUT2D eigenvalue weighted by Crippen LogP contribution is 2.28. The summed E-state index contributed by atoms with van der Waals surface area (Å²) in [6, 6.07) is 0.522. The van der Waals surface area contributed by atoms with Gasteiger partial charge in [0.2, 0.25) is 5.95 Å². The quantitative estimate of drug-likeness (QED) is 0.868. The monoisotopic (exact) mass is 263 g/mol. The summed E-state index contributed by atoms with van der Waals surface area (Å²) in [4.78, 5) is 6.94. The molecule has 2 N–H and O–H groups in total. The predicted molar refractivity (Wildman–Crippen MR) is 76.3 cm³/mol. The molecule has 1 aliphatic carbocycles. The topological polar surface area (TPSA) is 56.8 Å². The SMILES string of the molecule is C[C@H]1CN(c2n[nH]c(CCC3CCCC3)n2)CCN1. The number of rotatable bonds is 4. The largest absolute Gasteiger partial charge is 0.337 e. The van der Waals surface area contributed by atoms with E-state index in [1.807, 2.05) is 0 Å². The molecule has 0 aromatic carbocycles. The first kappa shape index (κ1) is 12.9. The lowest BCUT2D eigenvalue weighted by molar-refractivity contribution is 0.479. The van der Waals surface area contributed by atoms with Crippen LogP contribution < -0.4 is 10.2 Å². The van der Waals surface area contributed by atoms with Gasteiger partial charge in [0, 0.05) is 32.1 Å². The highest BCUT2D eigenvalue weighted by atomic mass is 15.4. The fourth-order valence-electron chi connectivity index (χ4n) is 3.29. The Morgan fingerprint density at radius 3 is 2.95 bits per heavy atom. The number of piperazine rings is 1. The van der Waals surface area contributed by atoms with E-state index in [0.717, 1.165) is 43.7 Å². The van der Waals surface area contributed by atoms with Crippen LogP contribution in [0.1, 0.15) is 44.9 Å². The van der Waals surface area contributed by atoms with Crippen molar-refractivity contribution in [3.63, 3.8) is 0 Å². The molecule has 2 aliphatic rings. The first-order valence-electron chi connectivity index (χ1n) is 7.71. The van der Waals surface area contributed by atoms with Crippen molar-refractivity contribution < 1.29 is 0 Å². The Morgan fingerprint density at radius 2 is 2.16 bits per heavy atom. The number of nitrogens with zero attached hydrogens (tertiary/aromatic N) is 3. The first-order valence-corrected chi connectivity index (χ1v) is 7.71. The Balaban J connectivity index is 1.53. The molecule has 106 valence electrons. The lowest BCUT2D eigenvalue weighted by Crippen LogP contribution is -2.49. The molecule has 0 amide bonds. The highest BCUT2D eigenvalue weighted by molar-refractivity contribution is 5.30. The van der Waals surface area contributed by atoms with E-state index in [1.165, 1.54) is 32.1 Å². The number of H-pyrrole nitrogens is 1. The molecule has 5 nitrogen and oxygen atoms in total. The highest BCUT2D eigenvalue weighted by Gasteiger charge is 2.20. The molecule has 1 saturated heterocycles. The molecular weight excluding hydrogens is 238 g/mol. The van der Waals surface area contributed by atoms with E-state index in [2.05, 4.69) is 32.3 Å². The molecule has 0 radical (unpaired) electrons. The van der Waals surface area contributed by atoms with Crippen molar-refractivity contribution in [2.45, 2.75) is 51.5 Å². The molecule has 2 heterocycles. The van der Waals surface area contributed by atoms with Crippen LogP contribution in [0.25, 0.3) is 0 Å². The van der Waals surface area contributed by atoms with Gasteiger partial charge in [-0.05, 0) is 19.3 Å². The lowest BCUT2D eigenvalue weighted by Gasteiger charge is -2.30. The van der Waals surface area contributed by atoms with Gasteiger partial charge in [-0.3, -0.25) is 5.10 Å². The maximum absolute atomic E-state index is 4.66. The predicted octanol–water partition coefficient (Wildman–Crippen LogP) is 1.73. The molecule has 5 heteroatoms. The molecule has 1 aromatic heterocycles. The summed E-state index contributed by atoms with van der Waals surface area (Å²) in [5.74, 6) is 2.87. The zero-order valence-corrected chi connectivity index (χ0v) is 11.9. The second kappa shape index (κ2) is 5.90. The maximum Gasteiger partial charge on any atom is 0.244 e. The summed E-state index contributed by atoms with van der Waals surface area (Å²) in [6.07, 6.45) is 7.99. The van der Waals surface area contributed by atoms with Gasteiger partial charge in [0.05, 0.1) is 0 Å². The lowest BCUT2D eigenvalue weighted by atomic mass is 10.0. The molecule has 0 bridgehead atoms. The van der Waals surface area contributed by atoms with Crippen molar-refractivity contribution in [1.29, 1.82) is 0 Å². The van der Waals surface area contributed by atoms with Crippen LogP contribution in [0.4, 0.5) is 5.95 Å². The van der Waals surface area contributed by atoms with Gasteiger partial charge in [0.25, 0.3) is 0 Å². The summed E-state index contributed by atoms with van der Waals surface area (Å²) in [7, 11) is 0. The van der Waals surface area contributed by atoms with Crippen LogP contribution >= 0.6 is 0 Å². The zero-order valence-electron chi connectivity index (χ0n) is 11.9. The fraction of sp³-hybridized carbons (Fsp3) is 0.857. The third kappa shape index (κ3) is 3.26. The maximum atomic E-state index is 4.66. The van der Waals surface area contributed by atoms with Crippen molar-refractivity contribution in [2.24, 2.45) is 5.92 Å². The van der Waals surface area contributed by atoms with Crippen LogP contribution in [0.5, 0.6) is 0 Å². The third-order valence-corrected chi connectivity index (χ3v) is 4.44. The molecule has 1 atom stereocenters. The Bertz CT molecular complexity index is 396. The van der Waals surface area contributed by atoms with E-state index in [9.17, 15) is 0 Å². The first-order chi connectivity index (χ1) is 9.31. The second-order valence-electron chi connectivity index (χ2n) is 6.07. The summed E-state index contributed by atoms with van der Waals surface area (Å²) in [6.45, 7) is 5.23. The number of aryl methyl sites for hydroxylation is 1. The Kier molecular flexibility index (Phi) is 4.01. The van der Waals surface area contributed by atoms with Crippen LogP contribution in [0, 0.1) is 5.92 Å². The number of aromatic nitrogens is 3. The molecule has 2 fully saturated rings. The van der Waals surface area contributed by atoms with Gasteiger partial charge in [-0.15, -0.1) is 5.10 Å². The van der Waals surface area contributed by atoms with E-state index in [0.29, 0.717) is 6.04 Å². The molecule has 0 unspecified atom stereocenters. The van der Waals surface area contributed by atoms with Crippen LogP contribution in [-0.4, -0.2) is 40.9 Å². The average molecular weight is 263 g/mol. The molecule has 1 aliphatic heterocycles. The van der Waals surface area contributed by atoms with Gasteiger partial charge in [0.15, 0.2) is 0 Å². The smallest absolute Gasteiger partial charge is 0.244 e. The minimum atomic E-state index is 0.522. The zero-order chi connectivity index (χ0) is 13.1. The number of hydrogen-bond acceptors (Lipinski definition) is 4.